The van der Waals surface area contributed by atoms with Gasteiger partial charge < -0.3 is 14.7 Å². The van der Waals surface area contributed by atoms with Gasteiger partial charge in [-0.05, 0) is 25.1 Å². The van der Waals surface area contributed by atoms with Gasteiger partial charge in [-0.15, -0.1) is 0 Å². The van der Waals surface area contributed by atoms with E-state index in [2.05, 4.69) is 36.2 Å². The smallest absolute Gasteiger partial charge is 0.151 e. The number of nitrogens with zero attached hydrogens (tertiary/aromatic N) is 1. The number of rotatable bonds is 3. The van der Waals surface area contributed by atoms with Crippen molar-refractivity contribution in [2.24, 2.45) is 0 Å². The number of fused-ring (bicyclic) bond motifs is 1. The lowest BCUT2D eigenvalue weighted by Gasteiger charge is -2.32. The van der Waals surface area contributed by atoms with Gasteiger partial charge in [0.25, 0.3) is 0 Å². The summed E-state index contributed by atoms with van der Waals surface area (Å²) in [6.45, 7) is 5.29. The summed E-state index contributed by atoms with van der Waals surface area (Å²) >= 11 is 6.54. The predicted molar refractivity (Wildman–Crippen MR) is 103 cm³/mol. The molecule has 0 amide bonds. The maximum atomic E-state index is 11.0. The molecule has 3 aromatic rings. The van der Waals surface area contributed by atoms with Crippen LogP contribution < -0.4 is 4.90 Å². The maximum Gasteiger partial charge on any atom is 0.151 e. The van der Waals surface area contributed by atoms with Crippen molar-refractivity contribution in [1.82, 2.24) is 4.98 Å². The van der Waals surface area contributed by atoms with E-state index in [4.69, 9.17) is 16.3 Å². The third kappa shape index (κ3) is 3.16. The molecule has 1 aromatic heterocycles. The van der Waals surface area contributed by atoms with Crippen molar-refractivity contribution < 1.29 is 14.7 Å². The number of ether oxygens (including phenoxy) is 1. The molecular formula is C21H22ClN2O2+. The number of benzene rings is 2. The average Bonchev–Trinajstić information content (AvgIpc) is 2.68. The summed E-state index contributed by atoms with van der Waals surface area (Å²) in [4.78, 5) is 5.73. The number of hydrogen-bond acceptors (Lipinski definition) is 3. The Hall–Kier alpha value is -2.14. The molecule has 0 saturated carbocycles. The Bertz CT molecular complexity index is 921. The SMILES string of the molecule is Cc1ccc([C@@H](c2cc(Cl)c3cccnc3c2O)[NH+]2CCOCC2)cc1. The van der Waals surface area contributed by atoms with Gasteiger partial charge in [0.05, 0.1) is 23.8 Å². The quantitative estimate of drug-likeness (QED) is 0.746. The highest BCUT2D eigenvalue weighted by molar-refractivity contribution is 6.35. The van der Waals surface area contributed by atoms with Crippen LogP contribution >= 0.6 is 11.6 Å². The van der Waals surface area contributed by atoms with Crippen LogP contribution in [-0.4, -0.2) is 36.4 Å². The van der Waals surface area contributed by atoms with E-state index in [0.717, 1.165) is 42.8 Å². The molecule has 0 radical (unpaired) electrons. The second-order valence-corrected chi connectivity index (χ2v) is 7.22. The number of pyridine rings is 1. The van der Waals surface area contributed by atoms with Crippen molar-refractivity contribution in [2.45, 2.75) is 13.0 Å². The minimum Gasteiger partial charge on any atom is -0.505 e. The Labute approximate surface area is 158 Å². The van der Waals surface area contributed by atoms with Crippen molar-refractivity contribution in [3.63, 3.8) is 0 Å². The third-order valence-corrected chi connectivity index (χ3v) is 5.42. The zero-order chi connectivity index (χ0) is 18.1. The first kappa shape index (κ1) is 17.3. The lowest BCUT2D eigenvalue weighted by Crippen LogP contribution is -3.14. The number of aryl methyl sites for hydroxylation is 1. The molecular weight excluding hydrogens is 348 g/mol. The van der Waals surface area contributed by atoms with Gasteiger partial charge >= 0.3 is 0 Å². The standard InChI is InChI=1S/C21H21ClN2O2/c1-14-4-6-15(7-5-14)20(24-9-11-26-12-10-24)17-13-18(22)16-3-2-8-23-19(16)21(17)25/h2-8,13,20,25H,9-12H2,1H3/p+1/t20-/m0/s1. The van der Waals surface area contributed by atoms with E-state index < -0.39 is 0 Å². The van der Waals surface area contributed by atoms with Gasteiger partial charge in [0, 0.05) is 17.1 Å². The molecule has 4 rings (SSSR count). The third-order valence-electron chi connectivity index (χ3n) is 5.11. The van der Waals surface area contributed by atoms with E-state index in [1.165, 1.54) is 10.5 Å². The van der Waals surface area contributed by atoms with Crippen molar-refractivity contribution in [2.75, 3.05) is 26.3 Å². The number of hydrogen-bond donors (Lipinski definition) is 2. The number of halogens is 1. The Morgan fingerprint density at radius 2 is 1.88 bits per heavy atom. The molecule has 4 nitrogen and oxygen atoms in total. The first-order valence-corrected chi connectivity index (χ1v) is 9.28. The molecule has 0 spiro atoms. The predicted octanol–water partition coefficient (Wildman–Crippen LogP) is 2.91. The lowest BCUT2D eigenvalue weighted by molar-refractivity contribution is -0.933. The summed E-state index contributed by atoms with van der Waals surface area (Å²) in [5, 5.41) is 12.4. The van der Waals surface area contributed by atoms with Crippen molar-refractivity contribution in [3.8, 4) is 5.75 Å². The van der Waals surface area contributed by atoms with Gasteiger partial charge in [0.1, 0.15) is 24.6 Å². The Kier molecular flexibility index (Phi) is 4.81. The van der Waals surface area contributed by atoms with Crippen LogP contribution in [0, 0.1) is 6.92 Å². The molecule has 0 aliphatic carbocycles. The number of phenolic OH excluding ortho intramolecular Hbond substituents is 1. The fourth-order valence-electron chi connectivity index (χ4n) is 3.74. The summed E-state index contributed by atoms with van der Waals surface area (Å²) in [7, 11) is 0. The molecule has 5 heteroatoms. The van der Waals surface area contributed by atoms with E-state index in [1.54, 1.807) is 6.20 Å². The Balaban J connectivity index is 1.89. The number of morpholine rings is 1. The molecule has 1 saturated heterocycles. The van der Waals surface area contributed by atoms with E-state index in [1.807, 2.05) is 18.2 Å². The second kappa shape index (κ2) is 7.23. The molecule has 2 heterocycles. The average molecular weight is 370 g/mol. The van der Waals surface area contributed by atoms with Crippen LogP contribution in [0.5, 0.6) is 5.75 Å². The maximum absolute atomic E-state index is 11.0. The summed E-state index contributed by atoms with van der Waals surface area (Å²) in [6.07, 6.45) is 1.69. The number of phenols is 1. The van der Waals surface area contributed by atoms with Crippen LogP contribution in [0.4, 0.5) is 0 Å². The zero-order valence-electron chi connectivity index (χ0n) is 14.7. The largest absolute Gasteiger partial charge is 0.505 e. The summed E-state index contributed by atoms with van der Waals surface area (Å²) < 4.78 is 5.54. The highest BCUT2D eigenvalue weighted by Gasteiger charge is 2.31. The molecule has 0 bridgehead atoms. The minimum atomic E-state index is -0.0107. The van der Waals surface area contributed by atoms with Gasteiger partial charge in [-0.25, -0.2) is 0 Å². The lowest BCUT2D eigenvalue weighted by atomic mass is 9.94. The number of aromatic hydroxyl groups is 1. The van der Waals surface area contributed by atoms with Crippen LogP contribution in [0.2, 0.25) is 5.02 Å². The molecule has 2 N–H and O–H groups in total. The van der Waals surface area contributed by atoms with Gasteiger partial charge in [-0.2, -0.15) is 0 Å². The second-order valence-electron chi connectivity index (χ2n) is 6.81. The van der Waals surface area contributed by atoms with Crippen LogP contribution in [0.25, 0.3) is 10.9 Å². The van der Waals surface area contributed by atoms with Crippen LogP contribution in [0.15, 0.2) is 48.7 Å². The van der Waals surface area contributed by atoms with Crippen LogP contribution in [0.1, 0.15) is 22.7 Å². The molecule has 2 aromatic carbocycles. The highest BCUT2D eigenvalue weighted by atomic mass is 35.5. The molecule has 26 heavy (non-hydrogen) atoms. The van der Waals surface area contributed by atoms with E-state index in [9.17, 15) is 5.11 Å². The Morgan fingerprint density at radius 3 is 2.62 bits per heavy atom. The number of aromatic nitrogens is 1. The molecule has 1 aliphatic heterocycles. The van der Waals surface area contributed by atoms with E-state index in [0.29, 0.717) is 10.5 Å². The number of quaternary nitrogens is 1. The zero-order valence-corrected chi connectivity index (χ0v) is 15.5. The Morgan fingerprint density at radius 1 is 1.15 bits per heavy atom. The summed E-state index contributed by atoms with van der Waals surface area (Å²) in [5.74, 6) is 0.217. The van der Waals surface area contributed by atoms with Crippen LogP contribution in [0.3, 0.4) is 0 Å². The molecule has 1 atom stereocenters. The summed E-state index contributed by atoms with van der Waals surface area (Å²) in [5.41, 5.74) is 3.75. The van der Waals surface area contributed by atoms with Crippen molar-refractivity contribution >= 4 is 22.5 Å². The monoisotopic (exact) mass is 369 g/mol. The fourth-order valence-corrected chi connectivity index (χ4v) is 4.01. The summed E-state index contributed by atoms with van der Waals surface area (Å²) in [6, 6.07) is 14.1. The molecule has 1 aliphatic rings. The van der Waals surface area contributed by atoms with E-state index >= 15 is 0 Å². The first-order valence-electron chi connectivity index (χ1n) is 8.90. The van der Waals surface area contributed by atoms with Gasteiger partial charge in [-0.1, -0.05) is 41.4 Å². The highest BCUT2D eigenvalue weighted by Crippen LogP contribution is 2.37. The number of nitrogens with one attached hydrogen (secondary N) is 1. The normalized spacial score (nSPS) is 16.7. The van der Waals surface area contributed by atoms with Gasteiger partial charge in [-0.3, -0.25) is 4.98 Å². The topological polar surface area (TPSA) is 46.8 Å². The van der Waals surface area contributed by atoms with Crippen molar-refractivity contribution in [3.05, 3.63) is 70.4 Å². The van der Waals surface area contributed by atoms with Gasteiger partial charge in [0.15, 0.2) is 5.75 Å². The van der Waals surface area contributed by atoms with E-state index in [-0.39, 0.29) is 11.8 Å². The van der Waals surface area contributed by atoms with Crippen LogP contribution in [-0.2, 0) is 4.74 Å². The first-order chi connectivity index (χ1) is 12.6. The fraction of sp³-hybridized carbons (Fsp3) is 0.286. The molecule has 1 fully saturated rings. The van der Waals surface area contributed by atoms with Gasteiger partial charge in [0.2, 0.25) is 0 Å². The van der Waals surface area contributed by atoms with Crippen molar-refractivity contribution in [1.29, 1.82) is 0 Å². The molecule has 134 valence electrons. The minimum absolute atomic E-state index is 0.0107. The molecule has 0 unspecified atom stereocenters.